The van der Waals surface area contributed by atoms with E-state index >= 15 is 0 Å². The Balaban J connectivity index is 1.95. The minimum atomic E-state index is -0.263. The molecule has 0 saturated heterocycles. The summed E-state index contributed by atoms with van der Waals surface area (Å²) in [7, 11) is 0. The van der Waals surface area contributed by atoms with E-state index < -0.39 is 0 Å². The van der Waals surface area contributed by atoms with Gasteiger partial charge in [0.1, 0.15) is 10.6 Å². The van der Waals surface area contributed by atoms with Gasteiger partial charge in [-0.1, -0.05) is 19.1 Å². The maximum Gasteiger partial charge on any atom is 0.266 e. The predicted octanol–water partition coefficient (Wildman–Crippen LogP) is 3.83. The van der Waals surface area contributed by atoms with Crippen molar-refractivity contribution in [3.63, 3.8) is 0 Å². The topological polar surface area (TPSA) is 73.2 Å². The molecule has 136 valence electrons. The zero-order valence-corrected chi connectivity index (χ0v) is 15.9. The fourth-order valence-electron chi connectivity index (χ4n) is 2.69. The molecule has 3 rings (SSSR count). The second kappa shape index (κ2) is 7.70. The molecule has 0 aliphatic carbocycles. The SMILES string of the molecule is CCCOc1ccccc1NC(=O)c1sc2ncn(CC)c(=O)c2c1C. The number of nitrogens with zero attached hydrogens (tertiary/aromatic N) is 2. The molecule has 0 fully saturated rings. The number of fused-ring (bicyclic) bond motifs is 1. The quantitative estimate of drug-likeness (QED) is 0.715. The summed E-state index contributed by atoms with van der Waals surface area (Å²) >= 11 is 1.23. The highest BCUT2D eigenvalue weighted by atomic mass is 32.1. The van der Waals surface area contributed by atoms with Crippen molar-refractivity contribution in [2.24, 2.45) is 0 Å². The van der Waals surface area contributed by atoms with Crippen LogP contribution in [0.25, 0.3) is 10.2 Å². The van der Waals surface area contributed by atoms with Crippen LogP contribution < -0.4 is 15.6 Å². The van der Waals surface area contributed by atoms with Crippen molar-refractivity contribution in [1.82, 2.24) is 9.55 Å². The van der Waals surface area contributed by atoms with Gasteiger partial charge in [0, 0.05) is 6.54 Å². The summed E-state index contributed by atoms with van der Waals surface area (Å²) in [5.74, 6) is 0.369. The standard InChI is InChI=1S/C19H21N3O3S/c1-4-10-25-14-9-7-6-8-13(14)21-17(23)16-12(3)15-18(26-16)20-11-22(5-2)19(15)24/h6-9,11H,4-5,10H2,1-3H3,(H,21,23). The van der Waals surface area contributed by atoms with E-state index in [1.54, 1.807) is 13.0 Å². The average molecular weight is 371 g/mol. The van der Waals surface area contributed by atoms with Crippen molar-refractivity contribution in [2.75, 3.05) is 11.9 Å². The van der Waals surface area contributed by atoms with E-state index in [1.807, 2.05) is 32.0 Å². The number of thiophene rings is 1. The number of aryl methyl sites for hydroxylation is 2. The summed E-state index contributed by atoms with van der Waals surface area (Å²) in [6, 6.07) is 7.33. The van der Waals surface area contributed by atoms with E-state index in [4.69, 9.17) is 4.74 Å². The van der Waals surface area contributed by atoms with Crippen LogP contribution in [0, 0.1) is 6.92 Å². The normalized spacial score (nSPS) is 10.9. The molecule has 1 N–H and O–H groups in total. The maximum absolute atomic E-state index is 12.8. The molecule has 0 radical (unpaired) electrons. The highest BCUT2D eigenvalue weighted by Crippen LogP contribution is 2.29. The fourth-order valence-corrected chi connectivity index (χ4v) is 3.72. The minimum absolute atomic E-state index is 0.114. The van der Waals surface area contributed by atoms with Gasteiger partial charge < -0.3 is 10.1 Å². The Bertz CT molecular complexity index is 1010. The van der Waals surface area contributed by atoms with Crippen LogP contribution in [0.5, 0.6) is 5.75 Å². The van der Waals surface area contributed by atoms with Gasteiger partial charge in [0.25, 0.3) is 11.5 Å². The third-order valence-electron chi connectivity index (χ3n) is 4.06. The van der Waals surface area contributed by atoms with Gasteiger partial charge in [0.15, 0.2) is 0 Å². The van der Waals surface area contributed by atoms with Crippen LogP contribution in [0.1, 0.15) is 35.5 Å². The number of para-hydroxylation sites is 2. The second-order valence-corrected chi connectivity index (χ2v) is 6.87. The summed E-state index contributed by atoms with van der Waals surface area (Å²) in [5.41, 5.74) is 1.16. The first-order valence-electron chi connectivity index (χ1n) is 8.58. The molecule has 0 unspecified atom stereocenters. The summed E-state index contributed by atoms with van der Waals surface area (Å²) < 4.78 is 7.22. The summed E-state index contributed by atoms with van der Waals surface area (Å²) in [5, 5.41) is 3.41. The number of nitrogens with one attached hydrogen (secondary N) is 1. The third kappa shape index (κ3) is 3.35. The molecular formula is C19H21N3O3S. The summed E-state index contributed by atoms with van der Waals surface area (Å²) in [4.78, 5) is 30.7. The Labute approximate surface area is 155 Å². The third-order valence-corrected chi connectivity index (χ3v) is 5.26. The van der Waals surface area contributed by atoms with Gasteiger partial charge in [0.05, 0.1) is 28.9 Å². The number of ether oxygens (including phenoxy) is 1. The van der Waals surface area contributed by atoms with Crippen molar-refractivity contribution >= 4 is 33.1 Å². The van der Waals surface area contributed by atoms with Crippen LogP contribution in [0.2, 0.25) is 0 Å². The molecule has 0 aliphatic heterocycles. The highest BCUT2D eigenvalue weighted by molar-refractivity contribution is 7.20. The van der Waals surface area contributed by atoms with Crippen molar-refractivity contribution in [3.8, 4) is 5.75 Å². The molecule has 1 amide bonds. The molecule has 0 bridgehead atoms. The number of carbonyl (C=O) groups excluding carboxylic acids is 1. The lowest BCUT2D eigenvalue weighted by atomic mass is 10.2. The van der Waals surface area contributed by atoms with Crippen molar-refractivity contribution in [3.05, 3.63) is 51.4 Å². The smallest absolute Gasteiger partial charge is 0.266 e. The fraction of sp³-hybridized carbons (Fsp3) is 0.316. The first-order valence-corrected chi connectivity index (χ1v) is 9.40. The molecule has 0 aliphatic rings. The minimum Gasteiger partial charge on any atom is -0.491 e. The van der Waals surface area contributed by atoms with Gasteiger partial charge in [-0.3, -0.25) is 14.2 Å². The number of aromatic nitrogens is 2. The van der Waals surface area contributed by atoms with E-state index in [2.05, 4.69) is 10.3 Å². The Morgan fingerprint density at radius 3 is 2.81 bits per heavy atom. The van der Waals surface area contributed by atoms with Gasteiger partial charge in [-0.15, -0.1) is 11.3 Å². The van der Waals surface area contributed by atoms with E-state index in [1.165, 1.54) is 22.2 Å². The van der Waals surface area contributed by atoms with E-state index in [-0.39, 0.29) is 11.5 Å². The van der Waals surface area contributed by atoms with Crippen LogP contribution >= 0.6 is 11.3 Å². The van der Waals surface area contributed by atoms with Gasteiger partial charge in [-0.05, 0) is 38.0 Å². The molecule has 1 aromatic carbocycles. The monoisotopic (exact) mass is 371 g/mol. The van der Waals surface area contributed by atoms with Crippen LogP contribution in [-0.2, 0) is 6.54 Å². The molecule has 3 aromatic rings. The van der Waals surface area contributed by atoms with Crippen LogP contribution in [0.15, 0.2) is 35.4 Å². The zero-order valence-electron chi connectivity index (χ0n) is 15.0. The molecule has 7 heteroatoms. The van der Waals surface area contributed by atoms with E-state index in [9.17, 15) is 9.59 Å². The van der Waals surface area contributed by atoms with Gasteiger partial charge >= 0.3 is 0 Å². The van der Waals surface area contributed by atoms with Crippen LogP contribution in [0.4, 0.5) is 5.69 Å². The lowest BCUT2D eigenvalue weighted by molar-refractivity contribution is 0.102. The van der Waals surface area contributed by atoms with Crippen molar-refractivity contribution < 1.29 is 9.53 Å². The molecule has 0 spiro atoms. The Morgan fingerprint density at radius 1 is 1.31 bits per heavy atom. The predicted molar refractivity (Wildman–Crippen MR) is 104 cm³/mol. The zero-order chi connectivity index (χ0) is 18.7. The van der Waals surface area contributed by atoms with Crippen molar-refractivity contribution in [1.29, 1.82) is 0 Å². The molecule has 2 aromatic heterocycles. The molecule has 2 heterocycles. The largest absolute Gasteiger partial charge is 0.491 e. The lowest BCUT2D eigenvalue weighted by Gasteiger charge is -2.11. The van der Waals surface area contributed by atoms with Gasteiger partial charge in [0.2, 0.25) is 0 Å². The van der Waals surface area contributed by atoms with E-state index in [0.717, 1.165) is 6.42 Å². The first-order chi connectivity index (χ1) is 12.6. The van der Waals surface area contributed by atoms with Gasteiger partial charge in [-0.25, -0.2) is 4.98 Å². The number of hydrogen-bond donors (Lipinski definition) is 1. The molecule has 0 atom stereocenters. The molecule has 0 saturated carbocycles. The number of rotatable bonds is 6. The number of benzene rings is 1. The summed E-state index contributed by atoms with van der Waals surface area (Å²) in [6.45, 7) is 6.82. The Hall–Kier alpha value is -2.67. The van der Waals surface area contributed by atoms with Crippen LogP contribution in [-0.4, -0.2) is 22.1 Å². The maximum atomic E-state index is 12.8. The Kier molecular flexibility index (Phi) is 5.37. The number of anilines is 1. The Morgan fingerprint density at radius 2 is 2.08 bits per heavy atom. The number of hydrogen-bond acceptors (Lipinski definition) is 5. The van der Waals surface area contributed by atoms with Gasteiger partial charge in [-0.2, -0.15) is 0 Å². The molecular weight excluding hydrogens is 350 g/mol. The lowest BCUT2D eigenvalue weighted by Crippen LogP contribution is -2.19. The average Bonchev–Trinajstić information content (AvgIpc) is 2.99. The second-order valence-electron chi connectivity index (χ2n) is 5.87. The van der Waals surface area contributed by atoms with Crippen molar-refractivity contribution in [2.45, 2.75) is 33.7 Å². The number of carbonyl (C=O) groups is 1. The summed E-state index contributed by atoms with van der Waals surface area (Å²) in [6.07, 6.45) is 2.41. The molecule has 26 heavy (non-hydrogen) atoms. The highest BCUT2D eigenvalue weighted by Gasteiger charge is 2.20. The van der Waals surface area contributed by atoms with Crippen LogP contribution in [0.3, 0.4) is 0 Å². The number of amides is 1. The first kappa shape index (κ1) is 18.1. The van der Waals surface area contributed by atoms with E-state index in [0.29, 0.717) is 45.2 Å². The molecule has 6 nitrogen and oxygen atoms in total.